The minimum atomic E-state index is -4.43. The largest absolute Gasteiger partial charge is 0.442 e. The molecule has 2 N–H and O–H groups in total. The topological polar surface area (TPSA) is 50.4 Å². The fraction of sp³-hybridized carbons (Fsp3) is 0.316. The highest BCUT2D eigenvalue weighted by Crippen LogP contribution is 2.36. The molecule has 2 aromatic rings. The van der Waals surface area contributed by atoms with E-state index in [1.54, 1.807) is 6.92 Å². The van der Waals surface area contributed by atoms with Crippen molar-refractivity contribution in [2.75, 3.05) is 11.9 Å². The van der Waals surface area contributed by atoms with Gasteiger partial charge < -0.3 is 15.4 Å². The second-order valence-electron chi connectivity index (χ2n) is 6.17. The first kappa shape index (κ1) is 18.1. The molecule has 0 aliphatic carbocycles. The van der Waals surface area contributed by atoms with Crippen LogP contribution in [0.25, 0.3) is 0 Å². The second kappa shape index (κ2) is 7.27. The van der Waals surface area contributed by atoms with E-state index >= 15 is 0 Å². The number of carbonyl (C=O) groups excluding carboxylic acids is 1. The summed E-state index contributed by atoms with van der Waals surface area (Å²) in [5.74, 6) is 0. The van der Waals surface area contributed by atoms with Gasteiger partial charge in [0.15, 0.2) is 0 Å². The fourth-order valence-corrected chi connectivity index (χ4v) is 2.97. The van der Waals surface area contributed by atoms with E-state index < -0.39 is 30.0 Å². The molecule has 1 heterocycles. The Hall–Kier alpha value is -2.70. The summed E-state index contributed by atoms with van der Waals surface area (Å²) in [6.07, 6.45) is -5.07. The van der Waals surface area contributed by atoms with Crippen molar-refractivity contribution in [3.8, 4) is 0 Å². The third-order valence-corrected chi connectivity index (χ3v) is 4.35. The van der Waals surface area contributed by atoms with Gasteiger partial charge in [0, 0.05) is 12.2 Å². The molecule has 2 aromatic carbocycles. The van der Waals surface area contributed by atoms with Crippen molar-refractivity contribution in [2.24, 2.45) is 0 Å². The predicted octanol–water partition coefficient (Wildman–Crippen LogP) is 5.05. The highest BCUT2D eigenvalue weighted by Gasteiger charge is 2.33. The molecule has 0 radical (unpaired) electrons. The predicted molar refractivity (Wildman–Crippen MR) is 91.8 cm³/mol. The molecule has 0 aromatic heterocycles. The van der Waals surface area contributed by atoms with E-state index in [2.05, 4.69) is 10.6 Å². The van der Waals surface area contributed by atoms with E-state index in [9.17, 15) is 18.0 Å². The third-order valence-electron chi connectivity index (χ3n) is 4.35. The maximum absolute atomic E-state index is 13.0. The van der Waals surface area contributed by atoms with Gasteiger partial charge in [-0.15, -0.1) is 0 Å². The molecule has 0 saturated heterocycles. The molecule has 7 heteroatoms. The average molecular weight is 364 g/mol. The van der Waals surface area contributed by atoms with Gasteiger partial charge in [0.2, 0.25) is 0 Å². The fourth-order valence-electron chi connectivity index (χ4n) is 2.97. The van der Waals surface area contributed by atoms with Crippen LogP contribution in [0.15, 0.2) is 48.5 Å². The molecule has 2 atom stereocenters. The number of carbonyl (C=O) groups is 1. The maximum atomic E-state index is 13.0. The van der Waals surface area contributed by atoms with Gasteiger partial charge in [-0.25, -0.2) is 4.79 Å². The average Bonchev–Trinajstić information content (AvgIpc) is 2.61. The number of hydrogen-bond donors (Lipinski definition) is 2. The molecule has 26 heavy (non-hydrogen) atoms. The normalized spacial score (nSPS) is 17.6. The van der Waals surface area contributed by atoms with Crippen LogP contribution in [-0.2, 0) is 10.9 Å². The first-order chi connectivity index (χ1) is 12.3. The van der Waals surface area contributed by atoms with E-state index in [0.717, 1.165) is 17.7 Å². The zero-order chi connectivity index (χ0) is 18.7. The Kier molecular flexibility index (Phi) is 5.06. The molecule has 4 nitrogen and oxygen atoms in total. The highest BCUT2D eigenvalue weighted by atomic mass is 19.4. The van der Waals surface area contributed by atoms with Crippen LogP contribution in [0.5, 0.6) is 0 Å². The molecule has 0 spiro atoms. The highest BCUT2D eigenvalue weighted by molar-refractivity contribution is 5.69. The van der Waals surface area contributed by atoms with Crippen molar-refractivity contribution >= 4 is 11.8 Å². The van der Waals surface area contributed by atoms with Gasteiger partial charge in [0.1, 0.15) is 6.10 Å². The summed E-state index contributed by atoms with van der Waals surface area (Å²) in [5.41, 5.74) is 1.10. The number of rotatable bonds is 3. The van der Waals surface area contributed by atoms with Crippen LogP contribution in [0.2, 0.25) is 0 Å². The molecule has 3 rings (SSSR count). The number of nitrogens with one attached hydrogen (secondary N) is 2. The molecule has 0 fully saturated rings. The Bertz CT molecular complexity index is 778. The van der Waals surface area contributed by atoms with E-state index in [0.29, 0.717) is 24.2 Å². The molecule has 1 aliphatic rings. The van der Waals surface area contributed by atoms with Gasteiger partial charge in [-0.1, -0.05) is 30.3 Å². The molecular formula is C19H19F3N2O2. The Labute approximate surface area is 149 Å². The monoisotopic (exact) mass is 364 g/mol. The summed E-state index contributed by atoms with van der Waals surface area (Å²) in [6.45, 7) is 2.30. The lowest BCUT2D eigenvalue weighted by Gasteiger charge is -2.28. The van der Waals surface area contributed by atoms with Crippen molar-refractivity contribution in [2.45, 2.75) is 31.7 Å². The zero-order valence-corrected chi connectivity index (χ0v) is 14.1. The van der Waals surface area contributed by atoms with Gasteiger partial charge in [-0.05, 0) is 42.7 Å². The Morgan fingerprint density at radius 2 is 1.96 bits per heavy atom. The van der Waals surface area contributed by atoms with Crippen LogP contribution in [0.1, 0.15) is 42.2 Å². The van der Waals surface area contributed by atoms with E-state index in [-0.39, 0.29) is 0 Å². The minimum absolute atomic E-state index is 0.412. The van der Waals surface area contributed by atoms with Gasteiger partial charge in [0.05, 0.1) is 11.6 Å². The van der Waals surface area contributed by atoms with Gasteiger partial charge in [0.25, 0.3) is 0 Å². The number of alkyl halides is 3. The Morgan fingerprint density at radius 1 is 1.23 bits per heavy atom. The number of alkyl carbamates (subject to hydrolysis) is 1. The lowest BCUT2D eigenvalue weighted by Crippen LogP contribution is -2.34. The lowest BCUT2D eigenvalue weighted by atomic mass is 9.96. The Balaban J connectivity index is 1.72. The van der Waals surface area contributed by atoms with Crippen molar-refractivity contribution in [1.29, 1.82) is 0 Å². The van der Waals surface area contributed by atoms with Crippen LogP contribution < -0.4 is 10.6 Å². The van der Waals surface area contributed by atoms with E-state index in [4.69, 9.17) is 4.74 Å². The number of benzene rings is 2. The quantitative estimate of drug-likeness (QED) is 0.801. The smallest absolute Gasteiger partial charge is 0.416 e. The first-order valence-corrected chi connectivity index (χ1v) is 8.31. The standard InChI is InChI=1S/C19H19F3N2O2/c1-12(13-5-3-2-4-6-13)26-18(25)24-17-9-10-23-16-8-7-14(11-15(16)17)19(20,21)22/h2-8,11-12,17,23H,9-10H2,1H3,(H,24,25)/t12-,17?/m0/s1. The summed E-state index contributed by atoms with van der Waals surface area (Å²) < 4.78 is 44.3. The summed E-state index contributed by atoms with van der Waals surface area (Å²) in [7, 11) is 0. The van der Waals surface area contributed by atoms with Crippen LogP contribution in [0.4, 0.5) is 23.7 Å². The SMILES string of the molecule is C[C@H](OC(=O)NC1CCNc2ccc(C(F)(F)F)cc21)c1ccccc1. The molecule has 138 valence electrons. The molecule has 0 bridgehead atoms. The van der Waals surface area contributed by atoms with Gasteiger partial charge >= 0.3 is 12.3 Å². The zero-order valence-electron chi connectivity index (χ0n) is 14.1. The second-order valence-corrected chi connectivity index (χ2v) is 6.17. The van der Waals surface area contributed by atoms with Crippen LogP contribution in [0.3, 0.4) is 0 Å². The van der Waals surface area contributed by atoms with Crippen molar-refractivity contribution in [3.63, 3.8) is 0 Å². The first-order valence-electron chi connectivity index (χ1n) is 8.31. The minimum Gasteiger partial charge on any atom is -0.442 e. The molecule has 1 amide bonds. The van der Waals surface area contributed by atoms with Crippen LogP contribution in [-0.4, -0.2) is 12.6 Å². The number of halogens is 3. The maximum Gasteiger partial charge on any atom is 0.416 e. The summed E-state index contributed by atoms with van der Waals surface area (Å²) in [4.78, 5) is 12.2. The number of amides is 1. The third kappa shape index (κ3) is 4.09. The number of fused-ring (bicyclic) bond motifs is 1. The molecule has 0 saturated carbocycles. The van der Waals surface area contributed by atoms with E-state index in [1.165, 1.54) is 6.07 Å². The molecule has 1 aliphatic heterocycles. The molecule has 1 unspecified atom stereocenters. The summed E-state index contributed by atoms with van der Waals surface area (Å²) in [6, 6.07) is 12.2. The van der Waals surface area contributed by atoms with Crippen LogP contribution >= 0.6 is 0 Å². The number of anilines is 1. The van der Waals surface area contributed by atoms with Crippen molar-refractivity contribution in [1.82, 2.24) is 5.32 Å². The lowest BCUT2D eigenvalue weighted by molar-refractivity contribution is -0.137. The molecular weight excluding hydrogens is 345 g/mol. The van der Waals surface area contributed by atoms with Crippen molar-refractivity contribution in [3.05, 3.63) is 65.2 Å². The summed E-state index contributed by atoms with van der Waals surface area (Å²) in [5, 5.41) is 5.74. The van der Waals surface area contributed by atoms with E-state index in [1.807, 2.05) is 30.3 Å². The van der Waals surface area contributed by atoms with Gasteiger partial charge in [-0.3, -0.25) is 0 Å². The number of ether oxygens (including phenoxy) is 1. The Morgan fingerprint density at radius 3 is 2.65 bits per heavy atom. The van der Waals surface area contributed by atoms with Crippen molar-refractivity contribution < 1.29 is 22.7 Å². The summed E-state index contributed by atoms with van der Waals surface area (Å²) >= 11 is 0. The number of hydrogen-bond acceptors (Lipinski definition) is 3. The van der Waals surface area contributed by atoms with Gasteiger partial charge in [-0.2, -0.15) is 13.2 Å². The van der Waals surface area contributed by atoms with Crippen LogP contribution in [0, 0.1) is 0 Å².